The van der Waals surface area contributed by atoms with Gasteiger partial charge in [-0.2, -0.15) is 10.2 Å². The van der Waals surface area contributed by atoms with Gasteiger partial charge in [0.05, 0.1) is 29.9 Å². The van der Waals surface area contributed by atoms with Crippen molar-refractivity contribution >= 4 is 31.8 Å². The number of aryl methyl sites for hydroxylation is 1. The number of H-pyrrole nitrogens is 1. The van der Waals surface area contributed by atoms with E-state index in [0.717, 1.165) is 64.4 Å². The lowest BCUT2D eigenvalue weighted by molar-refractivity contribution is 0.272. The molecule has 0 atom stereocenters. The van der Waals surface area contributed by atoms with Crippen molar-refractivity contribution in [3.05, 3.63) is 29.8 Å². The number of methoxy groups -OCH3 is 1. The van der Waals surface area contributed by atoms with Crippen LogP contribution in [0.4, 0.5) is 5.00 Å². The zero-order valence-electron chi connectivity index (χ0n) is 21.7. The first-order valence-electron chi connectivity index (χ1n) is 12.2. The fourth-order valence-corrected chi connectivity index (χ4v) is 6.45. The highest BCUT2D eigenvalue weighted by molar-refractivity contribution is 7.90. The van der Waals surface area contributed by atoms with Gasteiger partial charge in [-0.3, -0.25) is 10.00 Å². The molecule has 0 aliphatic carbocycles. The van der Waals surface area contributed by atoms with E-state index in [9.17, 15) is 8.42 Å². The Bertz CT molecular complexity index is 1510. The summed E-state index contributed by atoms with van der Waals surface area (Å²) in [4.78, 5) is 13.8. The zero-order chi connectivity index (χ0) is 26.3. The number of aromatic amines is 1. The molecule has 0 unspecified atom stereocenters. The number of piperazine rings is 1. The van der Waals surface area contributed by atoms with Gasteiger partial charge in [0, 0.05) is 56.3 Å². The molecule has 0 amide bonds. The number of rotatable bonds is 8. The van der Waals surface area contributed by atoms with Crippen molar-refractivity contribution in [2.24, 2.45) is 0 Å². The number of thiazole rings is 1. The van der Waals surface area contributed by atoms with Crippen molar-refractivity contribution in [3.63, 3.8) is 0 Å². The van der Waals surface area contributed by atoms with Crippen molar-refractivity contribution in [3.8, 4) is 27.7 Å². The predicted octanol–water partition coefficient (Wildman–Crippen LogP) is 2.85. The Morgan fingerprint density at radius 3 is 2.65 bits per heavy atom. The maximum atomic E-state index is 11.5. The summed E-state index contributed by atoms with van der Waals surface area (Å²) in [5.41, 5.74) is 5.39. The molecule has 37 heavy (non-hydrogen) atoms. The highest BCUT2D eigenvalue weighted by atomic mass is 32.2. The van der Waals surface area contributed by atoms with Crippen LogP contribution in [0.15, 0.2) is 18.6 Å². The van der Waals surface area contributed by atoms with Gasteiger partial charge in [-0.05, 0) is 18.9 Å². The van der Waals surface area contributed by atoms with E-state index in [0.29, 0.717) is 17.9 Å². The number of hydrogen-bond donors (Lipinski definition) is 1. The van der Waals surface area contributed by atoms with Gasteiger partial charge in [0.2, 0.25) is 0 Å². The Labute approximate surface area is 220 Å². The lowest BCUT2D eigenvalue weighted by atomic mass is 9.97. The standard InChI is InChI=1S/C24H32N8O3S2/c1-15(2)19-20(17-12-18(35-4)22-25-14-26-32(22)13-17)28-29-21(19)23-27-16(3)24(36-23)31-8-6-30(7-9-31)10-11-37(5,33)34/h12-15H,6-11H2,1-5H3,(H,28,29). The van der Waals surface area contributed by atoms with Crippen LogP contribution in [0.1, 0.15) is 31.0 Å². The van der Waals surface area contributed by atoms with E-state index in [-0.39, 0.29) is 11.7 Å². The van der Waals surface area contributed by atoms with E-state index in [4.69, 9.17) is 14.8 Å². The van der Waals surface area contributed by atoms with Crippen LogP contribution >= 0.6 is 11.3 Å². The Kier molecular flexibility index (Phi) is 6.94. The molecule has 0 radical (unpaired) electrons. The maximum Gasteiger partial charge on any atom is 0.197 e. The van der Waals surface area contributed by atoms with Crippen molar-refractivity contribution in [1.29, 1.82) is 0 Å². The van der Waals surface area contributed by atoms with Crippen LogP contribution < -0.4 is 9.64 Å². The minimum absolute atomic E-state index is 0.201. The molecular formula is C24H32N8O3S2. The third-order valence-electron chi connectivity index (χ3n) is 6.64. The van der Waals surface area contributed by atoms with Crippen molar-refractivity contribution < 1.29 is 13.2 Å². The molecule has 1 saturated heterocycles. The van der Waals surface area contributed by atoms with Crippen LogP contribution in [0.3, 0.4) is 0 Å². The molecule has 1 aliphatic rings. The zero-order valence-corrected chi connectivity index (χ0v) is 23.4. The minimum atomic E-state index is -2.95. The summed E-state index contributed by atoms with van der Waals surface area (Å²) >= 11 is 1.67. The molecule has 11 nitrogen and oxygen atoms in total. The van der Waals surface area contributed by atoms with Crippen LogP contribution in [-0.2, 0) is 9.84 Å². The summed E-state index contributed by atoms with van der Waals surface area (Å²) in [6.07, 6.45) is 4.71. The summed E-state index contributed by atoms with van der Waals surface area (Å²) in [5, 5.41) is 14.3. The minimum Gasteiger partial charge on any atom is -0.493 e. The van der Waals surface area contributed by atoms with Gasteiger partial charge in [-0.15, -0.1) is 0 Å². The molecule has 13 heteroatoms. The number of nitrogens with one attached hydrogen (secondary N) is 1. The lowest BCUT2D eigenvalue weighted by Gasteiger charge is -2.35. The molecule has 1 N–H and O–H groups in total. The predicted molar refractivity (Wildman–Crippen MR) is 145 cm³/mol. The Morgan fingerprint density at radius 1 is 1.22 bits per heavy atom. The highest BCUT2D eigenvalue weighted by Crippen LogP contribution is 2.41. The molecule has 4 aromatic heterocycles. The van der Waals surface area contributed by atoms with Crippen LogP contribution in [0.2, 0.25) is 0 Å². The normalized spacial score (nSPS) is 15.2. The van der Waals surface area contributed by atoms with Gasteiger partial charge in [-0.1, -0.05) is 25.2 Å². The summed E-state index contributed by atoms with van der Waals surface area (Å²) in [7, 11) is -1.33. The molecule has 0 spiro atoms. The van der Waals surface area contributed by atoms with E-state index in [1.165, 1.54) is 12.6 Å². The summed E-state index contributed by atoms with van der Waals surface area (Å²) < 4.78 is 30.3. The lowest BCUT2D eigenvalue weighted by Crippen LogP contribution is -2.47. The number of aromatic nitrogens is 6. The van der Waals surface area contributed by atoms with E-state index in [2.05, 4.69) is 38.8 Å². The largest absolute Gasteiger partial charge is 0.493 e. The molecule has 0 saturated carbocycles. The molecule has 5 rings (SSSR count). The van der Waals surface area contributed by atoms with Gasteiger partial charge in [0.25, 0.3) is 0 Å². The first-order valence-corrected chi connectivity index (χ1v) is 15.1. The van der Waals surface area contributed by atoms with Gasteiger partial charge >= 0.3 is 0 Å². The molecular weight excluding hydrogens is 512 g/mol. The van der Waals surface area contributed by atoms with Gasteiger partial charge < -0.3 is 9.64 Å². The fourth-order valence-electron chi connectivity index (χ4n) is 4.73. The molecule has 1 aliphatic heterocycles. The van der Waals surface area contributed by atoms with Crippen LogP contribution in [0.5, 0.6) is 5.75 Å². The van der Waals surface area contributed by atoms with Crippen molar-refractivity contribution in [2.45, 2.75) is 26.7 Å². The second-order valence-corrected chi connectivity index (χ2v) is 12.9. The number of anilines is 1. The van der Waals surface area contributed by atoms with Gasteiger partial charge in [0.15, 0.2) is 11.4 Å². The maximum absolute atomic E-state index is 11.5. The SMILES string of the molecule is COc1cc(-c2n[nH]c(-c3nc(C)c(N4CCN(CCS(C)(=O)=O)CC4)s3)c2C(C)C)cn2ncnc12. The fraction of sp³-hybridized carbons (Fsp3) is 0.500. The quantitative estimate of drug-likeness (QED) is 0.357. The van der Waals surface area contributed by atoms with Gasteiger partial charge in [-0.25, -0.2) is 22.9 Å². The van der Waals surface area contributed by atoms with Crippen LogP contribution in [0.25, 0.3) is 27.6 Å². The molecule has 1 fully saturated rings. The number of fused-ring (bicyclic) bond motifs is 1. The smallest absolute Gasteiger partial charge is 0.197 e. The van der Waals surface area contributed by atoms with E-state index in [1.54, 1.807) is 23.0 Å². The molecule has 0 bridgehead atoms. The summed E-state index contributed by atoms with van der Waals surface area (Å²) in [6, 6.07) is 1.94. The Balaban J connectivity index is 1.42. The highest BCUT2D eigenvalue weighted by Gasteiger charge is 2.26. The average Bonchev–Trinajstić information content (AvgIpc) is 3.59. The average molecular weight is 545 g/mol. The van der Waals surface area contributed by atoms with Gasteiger partial charge in [0.1, 0.15) is 26.2 Å². The second-order valence-electron chi connectivity index (χ2n) is 9.71. The number of hydrogen-bond acceptors (Lipinski definition) is 10. The number of ether oxygens (including phenoxy) is 1. The Morgan fingerprint density at radius 2 is 1.97 bits per heavy atom. The Hall–Kier alpha value is -3.03. The second kappa shape index (κ2) is 10.0. The molecule has 4 aromatic rings. The van der Waals surface area contributed by atoms with Crippen LogP contribution in [-0.4, -0.2) is 94.9 Å². The number of pyridine rings is 1. The summed E-state index contributed by atoms with van der Waals surface area (Å²) in [5.74, 6) is 1.04. The first kappa shape index (κ1) is 25.6. The number of sulfone groups is 1. The van der Waals surface area contributed by atoms with Crippen molar-refractivity contribution in [2.75, 3.05) is 56.7 Å². The van der Waals surface area contributed by atoms with E-state index < -0.39 is 9.84 Å². The number of nitrogens with zero attached hydrogens (tertiary/aromatic N) is 7. The topological polar surface area (TPSA) is 122 Å². The van der Waals surface area contributed by atoms with E-state index >= 15 is 0 Å². The van der Waals surface area contributed by atoms with Crippen LogP contribution in [0, 0.1) is 6.92 Å². The molecule has 0 aromatic carbocycles. The molecule has 5 heterocycles. The third kappa shape index (κ3) is 5.20. The van der Waals surface area contributed by atoms with Crippen molar-refractivity contribution in [1.82, 2.24) is 34.7 Å². The third-order valence-corrected chi connectivity index (χ3v) is 8.80. The monoisotopic (exact) mass is 544 g/mol. The van der Waals surface area contributed by atoms with E-state index in [1.807, 2.05) is 19.2 Å². The summed E-state index contributed by atoms with van der Waals surface area (Å²) in [6.45, 7) is 10.3. The molecule has 198 valence electrons. The first-order chi connectivity index (χ1) is 17.6.